The van der Waals surface area contributed by atoms with Crippen molar-refractivity contribution in [3.8, 4) is 28.7 Å². The van der Waals surface area contributed by atoms with E-state index in [1.165, 1.54) is 0 Å². The van der Waals surface area contributed by atoms with Crippen LogP contribution in [0.5, 0.6) is 28.7 Å². The van der Waals surface area contributed by atoms with Crippen LogP contribution in [0.1, 0.15) is 5.56 Å². The molecule has 0 bridgehead atoms. The van der Waals surface area contributed by atoms with Crippen LogP contribution in [0, 0.1) is 0 Å². The highest BCUT2D eigenvalue weighted by Gasteiger charge is 2.01. The van der Waals surface area contributed by atoms with E-state index in [0.29, 0.717) is 6.61 Å². The van der Waals surface area contributed by atoms with Crippen LogP contribution in [0.25, 0.3) is 0 Å². The summed E-state index contributed by atoms with van der Waals surface area (Å²) >= 11 is 0. The zero-order valence-corrected chi connectivity index (χ0v) is 15.3. The summed E-state index contributed by atoms with van der Waals surface area (Å²) in [6.45, 7) is 0.524. The Balaban J connectivity index is 1.32. The van der Waals surface area contributed by atoms with E-state index in [-0.39, 0.29) is 0 Å². The third-order valence-corrected chi connectivity index (χ3v) is 4.11. The normalized spacial score (nSPS) is 10.3. The van der Waals surface area contributed by atoms with Crippen LogP contribution in [0.2, 0.25) is 0 Å². The maximum atomic E-state index is 5.90. The maximum absolute atomic E-state index is 5.90. The Kier molecular flexibility index (Phi) is 5.54. The van der Waals surface area contributed by atoms with Gasteiger partial charge in [0.2, 0.25) is 0 Å². The van der Waals surface area contributed by atoms with Gasteiger partial charge in [-0.05, 0) is 66.2 Å². The molecule has 3 nitrogen and oxygen atoms in total. The van der Waals surface area contributed by atoms with Gasteiger partial charge in [-0.1, -0.05) is 48.5 Å². The second-order valence-electron chi connectivity index (χ2n) is 6.23. The molecular formula is C25H20O3. The van der Waals surface area contributed by atoms with Crippen LogP contribution in [-0.2, 0) is 6.61 Å². The van der Waals surface area contributed by atoms with Crippen molar-refractivity contribution in [2.24, 2.45) is 0 Å². The average Bonchev–Trinajstić information content (AvgIpc) is 2.76. The number of hydrogen-bond acceptors (Lipinski definition) is 3. The van der Waals surface area contributed by atoms with Crippen molar-refractivity contribution in [1.29, 1.82) is 0 Å². The predicted octanol–water partition coefficient (Wildman–Crippen LogP) is 6.85. The van der Waals surface area contributed by atoms with Gasteiger partial charge in [-0.15, -0.1) is 0 Å². The van der Waals surface area contributed by atoms with Gasteiger partial charge < -0.3 is 14.2 Å². The molecule has 0 fully saturated rings. The molecule has 0 amide bonds. The standard InChI is InChI=1S/C25H20O3/c1-3-7-21(8-4-1)26-19-20-11-13-23(14-12-20)28-25-17-15-24(16-18-25)27-22-9-5-2-6-10-22/h1-18H,19H2. The van der Waals surface area contributed by atoms with Crippen molar-refractivity contribution in [2.45, 2.75) is 6.61 Å². The molecule has 0 aliphatic carbocycles. The molecule has 28 heavy (non-hydrogen) atoms. The maximum Gasteiger partial charge on any atom is 0.127 e. The number of ether oxygens (including phenoxy) is 3. The molecule has 0 unspecified atom stereocenters. The largest absolute Gasteiger partial charge is 0.489 e. The van der Waals surface area contributed by atoms with E-state index in [0.717, 1.165) is 34.3 Å². The Morgan fingerprint density at radius 2 is 0.786 bits per heavy atom. The van der Waals surface area contributed by atoms with Crippen LogP contribution < -0.4 is 14.2 Å². The van der Waals surface area contributed by atoms with Crippen LogP contribution in [0.3, 0.4) is 0 Å². The summed E-state index contributed by atoms with van der Waals surface area (Å²) in [5.74, 6) is 3.98. The van der Waals surface area contributed by atoms with Crippen LogP contribution >= 0.6 is 0 Å². The summed E-state index contributed by atoms with van der Waals surface area (Å²) in [7, 11) is 0. The predicted molar refractivity (Wildman–Crippen MR) is 110 cm³/mol. The molecule has 0 spiro atoms. The second-order valence-corrected chi connectivity index (χ2v) is 6.23. The zero-order chi connectivity index (χ0) is 19.0. The summed E-state index contributed by atoms with van der Waals surface area (Å²) in [5, 5.41) is 0. The van der Waals surface area contributed by atoms with Gasteiger partial charge in [0.1, 0.15) is 35.4 Å². The Hall–Kier alpha value is -3.72. The molecule has 4 aromatic carbocycles. The second kappa shape index (κ2) is 8.78. The summed E-state index contributed by atoms with van der Waals surface area (Å²) < 4.78 is 17.5. The molecule has 0 saturated carbocycles. The van der Waals surface area contributed by atoms with E-state index in [1.807, 2.05) is 109 Å². The minimum absolute atomic E-state index is 0.524. The molecule has 3 heteroatoms. The van der Waals surface area contributed by atoms with Crippen molar-refractivity contribution in [1.82, 2.24) is 0 Å². The highest BCUT2D eigenvalue weighted by Crippen LogP contribution is 2.27. The Morgan fingerprint density at radius 3 is 1.29 bits per heavy atom. The first-order valence-corrected chi connectivity index (χ1v) is 9.13. The minimum Gasteiger partial charge on any atom is -0.489 e. The summed E-state index contributed by atoms with van der Waals surface area (Å²) in [4.78, 5) is 0. The molecule has 138 valence electrons. The first kappa shape index (κ1) is 17.7. The lowest BCUT2D eigenvalue weighted by Crippen LogP contribution is -1.95. The Labute approximate surface area is 164 Å². The third kappa shape index (κ3) is 4.92. The zero-order valence-electron chi connectivity index (χ0n) is 15.3. The minimum atomic E-state index is 0.524. The SMILES string of the molecule is c1ccc(OCc2ccc(Oc3ccc(Oc4ccccc4)cc3)cc2)cc1. The fourth-order valence-corrected chi connectivity index (χ4v) is 2.67. The van der Waals surface area contributed by atoms with Crippen molar-refractivity contribution in [3.05, 3.63) is 115 Å². The Bertz CT molecular complexity index is 979. The summed E-state index contributed by atoms with van der Waals surface area (Å²) in [5.41, 5.74) is 1.09. The highest BCUT2D eigenvalue weighted by molar-refractivity contribution is 5.38. The van der Waals surface area contributed by atoms with Crippen LogP contribution in [0.15, 0.2) is 109 Å². The highest BCUT2D eigenvalue weighted by atomic mass is 16.5. The van der Waals surface area contributed by atoms with Gasteiger partial charge in [-0.2, -0.15) is 0 Å². The molecule has 4 aromatic rings. The van der Waals surface area contributed by atoms with Gasteiger partial charge in [0.25, 0.3) is 0 Å². The fraction of sp³-hybridized carbons (Fsp3) is 0.0400. The average molecular weight is 368 g/mol. The van der Waals surface area contributed by atoms with E-state index in [4.69, 9.17) is 14.2 Å². The van der Waals surface area contributed by atoms with Crippen molar-refractivity contribution in [2.75, 3.05) is 0 Å². The molecule has 0 saturated heterocycles. The van der Waals surface area contributed by atoms with Crippen LogP contribution in [-0.4, -0.2) is 0 Å². The van der Waals surface area contributed by atoms with E-state index in [2.05, 4.69) is 0 Å². The number of para-hydroxylation sites is 2. The van der Waals surface area contributed by atoms with Crippen molar-refractivity contribution < 1.29 is 14.2 Å². The lowest BCUT2D eigenvalue weighted by atomic mass is 10.2. The van der Waals surface area contributed by atoms with Crippen LogP contribution in [0.4, 0.5) is 0 Å². The molecule has 0 aromatic heterocycles. The van der Waals surface area contributed by atoms with Crippen molar-refractivity contribution in [3.63, 3.8) is 0 Å². The van der Waals surface area contributed by atoms with Crippen molar-refractivity contribution >= 4 is 0 Å². The Morgan fingerprint density at radius 1 is 0.393 bits per heavy atom. The molecule has 0 aliphatic heterocycles. The quantitative estimate of drug-likeness (QED) is 0.357. The van der Waals surface area contributed by atoms with Gasteiger partial charge in [0, 0.05) is 0 Å². The van der Waals surface area contributed by atoms with Gasteiger partial charge in [0.05, 0.1) is 0 Å². The monoisotopic (exact) mass is 368 g/mol. The fourth-order valence-electron chi connectivity index (χ4n) is 2.67. The number of benzene rings is 4. The van der Waals surface area contributed by atoms with E-state index in [1.54, 1.807) is 0 Å². The van der Waals surface area contributed by atoms with E-state index >= 15 is 0 Å². The molecule has 4 rings (SSSR count). The van der Waals surface area contributed by atoms with Gasteiger partial charge in [-0.3, -0.25) is 0 Å². The van der Waals surface area contributed by atoms with Gasteiger partial charge >= 0.3 is 0 Å². The first-order valence-electron chi connectivity index (χ1n) is 9.13. The smallest absolute Gasteiger partial charge is 0.127 e. The third-order valence-electron chi connectivity index (χ3n) is 4.11. The topological polar surface area (TPSA) is 27.7 Å². The summed E-state index contributed by atoms with van der Waals surface area (Å²) in [6, 6.07) is 35.0. The van der Waals surface area contributed by atoms with E-state index in [9.17, 15) is 0 Å². The molecule has 0 aliphatic rings. The molecule has 0 N–H and O–H groups in total. The summed E-state index contributed by atoms with van der Waals surface area (Å²) in [6.07, 6.45) is 0. The molecule has 0 heterocycles. The van der Waals surface area contributed by atoms with E-state index < -0.39 is 0 Å². The first-order chi connectivity index (χ1) is 13.8. The lowest BCUT2D eigenvalue weighted by molar-refractivity contribution is 0.306. The molecular weight excluding hydrogens is 348 g/mol. The lowest BCUT2D eigenvalue weighted by Gasteiger charge is -2.09. The van der Waals surface area contributed by atoms with Gasteiger partial charge in [0.15, 0.2) is 0 Å². The molecule has 0 radical (unpaired) electrons. The molecule has 0 atom stereocenters. The number of hydrogen-bond donors (Lipinski definition) is 0. The van der Waals surface area contributed by atoms with Gasteiger partial charge in [-0.25, -0.2) is 0 Å². The number of rotatable bonds is 7.